The maximum absolute atomic E-state index is 11.3. The van der Waals surface area contributed by atoms with Gasteiger partial charge in [-0.3, -0.25) is 4.79 Å². The molecule has 1 aliphatic rings. The van der Waals surface area contributed by atoms with Crippen LogP contribution in [0.25, 0.3) is 0 Å². The van der Waals surface area contributed by atoms with Crippen LogP contribution in [0, 0.1) is 0 Å². The van der Waals surface area contributed by atoms with E-state index >= 15 is 0 Å². The summed E-state index contributed by atoms with van der Waals surface area (Å²) in [5.41, 5.74) is 1.95. The summed E-state index contributed by atoms with van der Waals surface area (Å²) < 4.78 is 0. The summed E-state index contributed by atoms with van der Waals surface area (Å²) in [7, 11) is 0. The van der Waals surface area contributed by atoms with Crippen LogP contribution in [0.15, 0.2) is 6.33 Å². The second kappa shape index (κ2) is 3.36. The quantitative estimate of drug-likeness (QED) is 0.723. The number of hydrogen-bond acceptors (Lipinski definition) is 4. The SMILES string of the molecule is CC(C)c1ncnc2c1CC(=O)CN2. The number of nitrogens with one attached hydrogen (secondary N) is 1. The molecule has 0 radical (unpaired) electrons. The average molecular weight is 191 g/mol. The third-order valence-corrected chi connectivity index (χ3v) is 2.35. The lowest BCUT2D eigenvalue weighted by atomic mass is 9.98. The molecule has 14 heavy (non-hydrogen) atoms. The van der Waals surface area contributed by atoms with Gasteiger partial charge < -0.3 is 5.32 Å². The zero-order valence-electron chi connectivity index (χ0n) is 8.37. The lowest BCUT2D eigenvalue weighted by Crippen LogP contribution is -2.25. The Kier molecular flexibility index (Phi) is 2.19. The first kappa shape index (κ1) is 9.12. The number of aromatic nitrogens is 2. The summed E-state index contributed by atoms with van der Waals surface area (Å²) >= 11 is 0. The highest BCUT2D eigenvalue weighted by atomic mass is 16.1. The van der Waals surface area contributed by atoms with Crippen LogP contribution in [0.5, 0.6) is 0 Å². The molecule has 0 saturated heterocycles. The molecule has 1 aromatic rings. The zero-order chi connectivity index (χ0) is 10.1. The number of nitrogens with zero attached hydrogens (tertiary/aromatic N) is 2. The van der Waals surface area contributed by atoms with Crippen molar-refractivity contribution in [3.8, 4) is 0 Å². The van der Waals surface area contributed by atoms with Gasteiger partial charge in [-0.2, -0.15) is 0 Å². The van der Waals surface area contributed by atoms with E-state index in [2.05, 4.69) is 29.1 Å². The molecule has 2 heterocycles. The van der Waals surface area contributed by atoms with E-state index in [0.717, 1.165) is 17.1 Å². The molecule has 0 unspecified atom stereocenters. The van der Waals surface area contributed by atoms with Crippen molar-refractivity contribution in [2.75, 3.05) is 11.9 Å². The molecule has 2 rings (SSSR count). The van der Waals surface area contributed by atoms with Crippen molar-refractivity contribution in [1.82, 2.24) is 9.97 Å². The highest BCUT2D eigenvalue weighted by Crippen LogP contribution is 2.24. The molecule has 0 aromatic carbocycles. The second-order valence-electron chi connectivity index (χ2n) is 3.81. The number of rotatable bonds is 1. The third-order valence-electron chi connectivity index (χ3n) is 2.35. The lowest BCUT2D eigenvalue weighted by molar-refractivity contribution is -0.117. The maximum Gasteiger partial charge on any atom is 0.156 e. The average Bonchev–Trinajstić information content (AvgIpc) is 2.16. The number of hydrogen-bond donors (Lipinski definition) is 1. The van der Waals surface area contributed by atoms with Crippen molar-refractivity contribution < 1.29 is 4.79 Å². The van der Waals surface area contributed by atoms with Crippen molar-refractivity contribution in [2.24, 2.45) is 0 Å². The van der Waals surface area contributed by atoms with Crippen LogP contribution in [0.3, 0.4) is 0 Å². The van der Waals surface area contributed by atoms with Gasteiger partial charge in [0.25, 0.3) is 0 Å². The van der Waals surface area contributed by atoms with Gasteiger partial charge in [0.05, 0.1) is 12.2 Å². The van der Waals surface area contributed by atoms with E-state index in [4.69, 9.17) is 0 Å². The summed E-state index contributed by atoms with van der Waals surface area (Å²) in [6.45, 7) is 4.53. The summed E-state index contributed by atoms with van der Waals surface area (Å²) in [4.78, 5) is 19.6. The summed E-state index contributed by atoms with van der Waals surface area (Å²) in [5, 5.41) is 3.01. The van der Waals surface area contributed by atoms with Crippen LogP contribution in [-0.2, 0) is 11.2 Å². The van der Waals surface area contributed by atoms with Crippen LogP contribution in [-0.4, -0.2) is 22.3 Å². The molecule has 0 saturated carbocycles. The van der Waals surface area contributed by atoms with Gasteiger partial charge in [-0.1, -0.05) is 13.8 Å². The summed E-state index contributed by atoms with van der Waals surface area (Å²) in [5.74, 6) is 1.36. The van der Waals surface area contributed by atoms with E-state index in [1.54, 1.807) is 6.33 Å². The van der Waals surface area contributed by atoms with Crippen molar-refractivity contribution in [1.29, 1.82) is 0 Å². The van der Waals surface area contributed by atoms with Crippen molar-refractivity contribution in [2.45, 2.75) is 26.2 Å². The Morgan fingerprint density at radius 1 is 1.43 bits per heavy atom. The number of anilines is 1. The Bertz CT molecular complexity index is 374. The molecule has 0 fully saturated rings. The normalized spacial score (nSPS) is 15.2. The minimum absolute atomic E-state index is 0.203. The van der Waals surface area contributed by atoms with Gasteiger partial charge in [0.2, 0.25) is 0 Å². The molecule has 0 bridgehead atoms. The Morgan fingerprint density at radius 2 is 2.21 bits per heavy atom. The van der Waals surface area contributed by atoms with Gasteiger partial charge in [0, 0.05) is 12.0 Å². The predicted octanol–water partition coefficient (Wildman–Crippen LogP) is 1.14. The fourth-order valence-corrected chi connectivity index (χ4v) is 1.69. The van der Waals surface area contributed by atoms with Gasteiger partial charge in [0.1, 0.15) is 12.1 Å². The molecule has 0 aliphatic carbocycles. The monoisotopic (exact) mass is 191 g/mol. The molecule has 1 N–H and O–H groups in total. The fourth-order valence-electron chi connectivity index (χ4n) is 1.69. The second-order valence-corrected chi connectivity index (χ2v) is 3.81. The number of Topliss-reactive ketones (excluding diaryl/α,β-unsaturated/α-hetero) is 1. The van der Waals surface area contributed by atoms with E-state index < -0.39 is 0 Å². The summed E-state index contributed by atoms with van der Waals surface area (Å²) in [6.07, 6.45) is 2.02. The van der Waals surface area contributed by atoms with Crippen molar-refractivity contribution in [3.05, 3.63) is 17.6 Å². The Balaban J connectivity index is 2.48. The zero-order valence-corrected chi connectivity index (χ0v) is 8.37. The Morgan fingerprint density at radius 3 is 2.93 bits per heavy atom. The van der Waals surface area contributed by atoms with E-state index in [-0.39, 0.29) is 5.78 Å². The highest BCUT2D eigenvalue weighted by molar-refractivity contribution is 5.89. The predicted molar refractivity (Wildman–Crippen MR) is 53.3 cm³/mol. The Labute approximate surface area is 82.8 Å². The largest absolute Gasteiger partial charge is 0.363 e. The van der Waals surface area contributed by atoms with Gasteiger partial charge >= 0.3 is 0 Å². The highest BCUT2D eigenvalue weighted by Gasteiger charge is 2.21. The molecule has 0 spiro atoms. The first-order valence-electron chi connectivity index (χ1n) is 4.78. The fraction of sp³-hybridized carbons (Fsp3) is 0.500. The van der Waals surface area contributed by atoms with Crippen LogP contribution in [0.2, 0.25) is 0 Å². The van der Waals surface area contributed by atoms with Gasteiger partial charge in [-0.05, 0) is 5.92 Å². The molecular formula is C10H13N3O. The molecule has 4 heteroatoms. The molecule has 1 aromatic heterocycles. The number of ketones is 1. The minimum Gasteiger partial charge on any atom is -0.363 e. The molecule has 74 valence electrons. The van der Waals surface area contributed by atoms with E-state index in [9.17, 15) is 4.79 Å². The van der Waals surface area contributed by atoms with E-state index in [0.29, 0.717) is 18.9 Å². The molecule has 0 atom stereocenters. The van der Waals surface area contributed by atoms with Gasteiger partial charge in [0.15, 0.2) is 5.78 Å². The smallest absolute Gasteiger partial charge is 0.156 e. The van der Waals surface area contributed by atoms with Crippen molar-refractivity contribution in [3.63, 3.8) is 0 Å². The standard InChI is InChI=1S/C10H13N3O/c1-6(2)9-8-3-7(14)4-11-10(8)13-5-12-9/h5-6H,3-4H2,1-2H3,(H,11,12,13). The van der Waals surface area contributed by atoms with Gasteiger partial charge in [-0.15, -0.1) is 0 Å². The van der Waals surface area contributed by atoms with E-state index in [1.807, 2.05) is 0 Å². The van der Waals surface area contributed by atoms with Crippen LogP contribution >= 0.6 is 0 Å². The number of carbonyl (C=O) groups is 1. The van der Waals surface area contributed by atoms with Crippen LogP contribution < -0.4 is 5.32 Å². The van der Waals surface area contributed by atoms with Gasteiger partial charge in [-0.25, -0.2) is 9.97 Å². The lowest BCUT2D eigenvalue weighted by Gasteiger charge is -2.19. The molecular weight excluding hydrogens is 178 g/mol. The van der Waals surface area contributed by atoms with Crippen LogP contribution in [0.1, 0.15) is 31.0 Å². The Hall–Kier alpha value is -1.45. The number of carbonyl (C=O) groups excluding carboxylic acids is 1. The summed E-state index contributed by atoms with van der Waals surface area (Å²) in [6, 6.07) is 0. The maximum atomic E-state index is 11.3. The first-order chi connectivity index (χ1) is 6.68. The minimum atomic E-state index is 0.203. The van der Waals surface area contributed by atoms with Crippen molar-refractivity contribution >= 4 is 11.6 Å². The molecule has 4 nitrogen and oxygen atoms in total. The third kappa shape index (κ3) is 1.47. The topological polar surface area (TPSA) is 54.9 Å². The molecule has 1 aliphatic heterocycles. The van der Waals surface area contributed by atoms with E-state index in [1.165, 1.54) is 0 Å². The van der Waals surface area contributed by atoms with Crippen LogP contribution in [0.4, 0.5) is 5.82 Å². The molecule has 0 amide bonds. The number of fused-ring (bicyclic) bond motifs is 1. The first-order valence-corrected chi connectivity index (χ1v) is 4.78.